The number of piperidine rings is 1. The summed E-state index contributed by atoms with van der Waals surface area (Å²) >= 11 is 5.86. The Morgan fingerprint density at radius 2 is 2.30 bits per heavy atom. The van der Waals surface area contributed by atoms with Crippen molar-refractivity contribution >= 4 is 17.5 Å². The largest absolute Gasteiger partial charge is 0.382 e. The minimum Gasteiger partial charge on any atom is -0.382 e. The molecule has 1 atom stereocenters. The van der Waals surface area contributed by atoms with Gasteiger partial charge in [0.15, 0.2) is 0 Å². The van der Waals surface area contributed by atoms with Crippen LogP contribution < -0.4 is 0 Å². The van der Waals surface area contributed by atoms with Crippen LogP contribution in [-0.2, 0) is 5.60 Å². The summed E-state index contributed by atoms with van der Waals surface area (Å²) in [5.41, 5.74) is -0.240. The van der Waals surface area contributed by atoms with E-state index < -0.39 is 5.60 Å². The number of nitrogens with one attached hydrogen (secondary N) is 1. The van der Waals surface area contributed by atoms with Crippen molar-refractivity contribution in [3.05, 3.63) is 34.9 Å². The number of amides is 1. The molecule has 1 aliphatic rings. The second kappa shape index (κ2) is 5.98. The Kier molecular flexibility index (Phi) is 4.16. The third-order valence-electron chi connectivity index (χ3n) is 4.15. The number of rotatable bonds is 3. The van der Waals surface area contributed by atoms with Crippen LogP contribution >= 0.6 is 11.6 Å². The van der Waals surface area contributed by atoms with Crippen LogP contribution in [-0.4, -0.2) is 49.0 Å². The van der Waals surface area contributed by atoms with Crippen molar-refractivity contribution in [2.75, 3.05) is 13.1 Å². The molecule has 0 bridgehead atoms. The molecule has 3 rings (SSSR count). The van der Waals surface area contributed by atoms with E-state index in [1.807, 2.05) is 13.8 Å². The van der Waals surface area contributed by atoms with Gasteiger partial charge in [0, 0.05) is 18.8 Å². The van der Waals surface area contributed by atoms with Crippen molar-refractivity contribution in [3.63, 3.8) is 0 Å². The zero-order valence-electron chi connectivity index (χ0n) is 13.2. The Hall–Kier alpha value is -1.86. The van der Waals surface area contributed by atoms with Crippen molar-refractivity contribution < 1.29 is 9.90 Å². The molecule has 1 amide bonds. The second-order valence-electron chi connectivity index (χ2n) is 6.27. The van der Waals surface area contributed by atoms with Gasteiger partial charge in [0.1, 0.15) is 17.0 Å². The topological polar surface area (TPSA) is 87.0 Å². The standard InChI is InChI=1S/C15H20ClN5O2/c1-10(2)21-8-13(18-19-21)15(23)4-3-5-20(9-15)14(22)12-6-11(16)7-17-12/h6-8,10,17,23H,3-5,9H2,1-2H3/t15-/m1/s1. The molecular weight excluding hydrogens is 318 g/mol. The van der Waals surface area contributed by atoms with Gasteiger partial charge in [-0.1, -0.05) is 16.8 Å². The van der Waals surface area contributed by atoms with Gasteiger partial charge in [-0.2, -0.15) is 0 Å². The first kappa shape index (κ1) is 16.0. The highest BCUT2D eigenvalue weighted by atomic mass is 35.5. The quantitative estimate of drug-likeness (QED) is 0.896. The lowest BCUT2D eigenvalue weighted by atomic mass is 9.90. The maximum atomic E-state index is 12.5. The number of halogens is 1. The average molecular weight is 338 g/mol. The molecule has 0 radical (unpaired) electrons. The Morgan fingerprint density at radius 3 is 2.91 bits per heavy atom. The summed E-state index contributed by atoms with van der Waals surface area (Å²) in [5.74, 6) is -0.175. The van der Waals surface area contributed by atoms with Gasteiger partial charge in [0.2, 0.25) is 0 Å². The Balaban J connectivity index is 1.80. The molecule has 0 spiro atoms. The first-order valence-corrected chi connectivity index (χ1v) is 8.05. The molecule has 124 valence electrons. The molecule has 23 heavy (non-hydrogen) atoms. The highest BCUT2D eigenvalue weighted by molar-refractivity contribution is 6.30. The van der Waals surface area contributed by atoms with Crippen LogP contribution in [0.2, 0.25) is 5.02 Å². The van der Waals surface area contributed by atoms with Gasteiger partial charge in [-0.15, -0.1) is 5.10 Å². The van der Waals surface area contributed by atoms with E-state index in [4.69, 9.17) is 11.6 Å². The Morgan fingerprint density at radius 1 is 1.52 bits per heavy atom. The Bertz CT molecular complexity index is 710. The number of H-pyrrole nitrogens is 1. The number of β-amino-alcohol motifs (C(OH)–C–C–N with tert-alkyl or cyclic N) is 1. The van der Waals surface area contributed by atoms with Gasteiger partial charge in [-0.3, -0.25) is 4.79 Å². The van der Waals surface area contributed by atoms with Crippen molar-refractivity contribution in [1.29, 1.82) is 0 Å². The molecule has 1 fully saturated rings. The summed E-state index contributed by atoms with van der Waals surface area (Å²) in [5, 5.41) is 19.6. The van der Waals surface area contributed by atoms with Crippen LogP contribution in [0.1, 0.15) is 48.9 Å². The van der Waals surface area contributed by atoms with Crippen LogP contribution in [0, 0.1) is 0 Å². The van der Waals surface area contributed by atoms with E-state index in [1.165, 1.54) is 0 Å². The van der Waals surface area contributed by atoms with Gasteiger partial charge >= 0.3 is 0 Å². The Labute approximate surface area is 139 Å². The summed E-state index contributed by atoms with van der Waals surface area (Å²) in [7, 11) is 0. The number of hydrogen-bond donors (Lipinski definition) is 2. The van der Waals surface area contributed by atoms with Crippen LogP contribution in [0.15, 0.2) is 18.5 Å². The fourth-order valence-corrected chi connectivity index (χ4v) is 2.99. The van der Waals surface area contributed by atoms with E-state index >= 15 is 0 Å². The van der Waals surface area contributed by atoms with Gasteiger partial charge in [-0.25, -0.2) is 4.68 Å². The van der Waals surface area contributed by atoms with Crippen LogP contribution in [0.5, 0.6) is 0 Å². The monoisotopic (exact) mass is 337 g/mol. The smallest absolute Gasteiger partial charge is 0.270 e. The van der Waals surface area contributed by atoms with E-state index in [0.717, 1.165) is 0 Å². The molecule has 1 saturated heterocycles. The number of likely N-dealkylation sites (tertiary alicyclic amines) is 1. The molecule has 0 unspecified atom stereocenters. The fourth-order valence-electron chi connectivity index (χ4n) is 2.82. The van der Waals surface area contributed by atoms with Gasteiger partial charge in [-0.05, 0) is 32.8 Å². The summed E-state index contributed by atoms with van der Waals surface area (Å²) in [6.07, 6.45) is 4.58. The van der Waals surface area contributed by atoms with Crippen LogP contribution in [0.3, 0.4) is 0 Å². The maximum Gasteiger partial charge on any atom is 0.270 e. The molecule has 8 heteroatoms. The lowest BCUT2D eigenvalue weighted by Gasteiger charge is -2.37. The van der Waals surface area contributed by atoms with E-state index in [2.05, 4.69) is 15.3 Å². The fraction of sp³-hybridized carbons (Fsp3) is 0.533. The third-order valence-corrected chi connectivity index (χ3v) is 4.37. The lowest BCUT2D eigenvalue weighted by molar-refractivity contribution is -0.0322. The lowest BCUT2D eigenvalue weighted by Crippen LogP contribution is -2.48. The predicted octanol–water partition coefficient (Wildman–Crippen LogP) is 1.96. The number of carbonyl (C=O) groups is 1. The number of hydrogen-bond acceptors (Lipinski definition) is 4. The van der Waals surface area contributed by atoms with E-state index in [0.29, 0.717) is 35.8 Å². The molecule has 3 heterocycles. The third kappa shape index (κ3) is 3.11. The molecule has 0 saturated carbocycles. The maximum absolute atomic E-state index is 12.5. The molecule has 0 aliphatic carbocycles. The van der Waals surface area contributed by atoms with E-state index in [1.54, 1.807) is 28.0 Å². The molecule has 2 aromatic rings. The molecule has 7 nitrogen and oxygen atoms in total. The van der Waals surface area contributed by atoms with Crippen molar-refractivity contribution in [2.24, 2.45) is 0 Å². The number of nitrogens with zero attached hydrogens (tertiary/aromatic N) is 4. The summed E-state index contributed by atoms with van der Waals surface area (Å²) in [6.45, 7) is 4.78. The predicted molar refractivity (Wildman–Crippen MR) is 85.2 cm³/mol. The molecule has 2 aromatic heterocycles. The SMILES string of the molecule is CC(C)n1cc([C@@]2(O)CCCN(C(=O)c3cc(Cl)c[nH]3)C2)nn1. The van der Waals surface area contributed by atoms with E-state index in [9.17, 15) is 9.90 Å². The van der Waals surface area contributed by atoms with Crippen LogP contribution in [0.4, 0.5) is 0 Å². The summed E-state index contributed by atoms with van der Waals surface area (Å²) < 4.78 is 1.71. The molecule has 0 aromatic carbocycles. The minimum absolute atomic E-state index is 0.169. The highest BCUT2D eigenvalue weighted by Gasteiger charge is 2.39. The first-order valence-electron chi connectivity index (χ1n) is 7.67. The first-order chi connectivity index (χ1) is 10.9. The number of aromatic nitrogens is 4. The second-order valence-corrected chi connectivity index (χ2v) is 6.71. The summed E-state index contributed by atoms with van der Waals surface area (Å²) in [4.78, 5) is 17.0. The van der Waals surface area contributed by atoms with Crippen molar-refractivity contribution in [2.45, 2.75) is 38.3 Å². The van der Waals surface area contributed by atoms with Gasteiger partial charge in [0.05, 0.1) is 17.8 Å². The zero-order valence-corrected chi connectivity index (χ0v) is 13.9. The van der Waals surface area contributed by atoms with Crippen molar-refractivity contribution in [1.82, 2.24) is 24.9 Å². The average Bonchev–Trinajstić information content (AvgIpc) is 3.15. The number of carbonyl (C=O) groups excluding carboxylic acids is 1. The van der Waals surface area contributed by atoms with Crippen molar-refractivity contribution in [3.8, 4) is 0 Å². The molecular formula is C15H20ClN5O2. The summed E-state index contributed by atoms with van der Waals surface area (Å²) in [6, 6.07) is 1.76. The highest BCUT2D eigenvalue weighted by Crippen LogP contribution is 2.31. The van der Waals surface area contributed by atoms with Crippen LogP contribution in [0.25, 0.3) is 0 Å². The normalized spacial score (nSPS) is 21.9. The van der Waals surface area contributed by atoms with E-state index in [-0.39, 0.29) is 18.5 Å². The minimum atomic E-state index is -1.17. The number of aromatic amines is 1. The molecule has 1 aliphatic heterocycles. The molecule has 2 N–H and O–H groups in total. The van der Waals surface area contributed by atoms with Gasteiger partial charge in [0.25, 0.3) is 5.91 Å². The number of aliphatic hydroxyl groups is 1. The zero-order chi connectivity index (χ0) is 16.6. The van der Waals surface area contributed by atoms with Gasteiger partial charge < -0.3 is 15.0 Å².